The van der Waals surface area contributed by atoms with E-state index in [4.69, 9.17) is 0 Å². The third-order valence-corrected chi connectivity index (χ3v) is 4.57. The van der Waals surface area contributed by atoms with Gasteiger partial charge in [-0.15, -0.1) is 0 Å². The molecule has 0 spiro atoms. The van der Waals surface area contributed by atoms with Gasteiger partial charge < -0.3 is 5.32 Å². The predicted octanol–water partition coefficient (Wildman–Crippen LogP) is 2.17. The molecule has 15 heavy (non-hydrogen) atoms. The summed E-state index contributed by atoms with van der Waals surface area (Å²) >= 11 is 0. The third-order valence-electron chi connectivity index (χ3n) is 3.60. The normalized spacial score (nSPS) is 36.1. The van der Waals surface area contributed by atoms with Crippen LogP contribution in [-0.4, -0.2) is 28.3 Å². The second-order valence-corrected chi connectivity index (χ2v) is 6.75. The van der Waals surface area contributed by atoms with Crippen LogP contribution >= 0.6 is 0 Å². The van der Waals surface area contributed by atoms with Gasteiger partial charge in [0.1, 0.15) is 0 Å². The zero-order valence-electron chi connectivity index (χ0n) is 10.5. The van der Waals surface area contributed by atoms with Gasteiger partial charge in [-0.3, -0.25) is 4.21 Å². The van der Waals surface area contributed by atoms with Gasteiger partial charge in [-0.1, -0.05) is 13.8 Å². The Kier molecular flexibility index (Phi) is 5.27. The van der Waals surface area contributed by atoms with Crippen molar-refractivity contribution >= 4 is 10.8 Å². The fraction of sp³-hybridized carbons (Fsp3) is 1.00. The van der Waals surface area contributed by atoms with Gasteiger partial charge in [-0.2, -0.15) is 0 Å². The van der Waals surface area contributed by atoms with E-state index in [1.165, 1.54) is 19.3 Å². The van der Waals surface area contributed by atoms with Crippen LogP contribution in [0, 0.1) is 11.8 Å². The average Bonchev–Trinajstić information content (AvgIpc) is 2.10. The van der Waals surface area contributed by atoms with E-state index in [9.17, 15) is 4.21 Å². The van der Waals surface area contributed by atoms with Crippen LogP contribution in [0.3, 0.4) is 0 Å². The van der Waals surface area contributed by atoms with Crippen molar-refractivity contribution in [3.05, 3.63) is 0 Å². The lowest BCUT2D eigenvalue weighted by Crippen LogP contribution is -2.43. The van der Waals surface area contributed by atoms with E-state index < -0.39 is 10.8 Å². The third kappa shape index (κ3) is 4.64. The molecule has 0 bridgehead atoms. The lowest BCUT2D eigenvalue weighted by Gasteiger charge is -2.34. The molecule has 3 heteroatoms. The molecular weight excluding hydrogens is 206 g/mol. The maximum atomic E-state index is 11.1. The van der Waals surface area contributed by atoms with Crippen molar-refractivity contribution in [1.82, 2.24) is 5.32 Å². The molecule has 0 aromatic heterocycles. The van der Waals surface area contributed by atoms with Gasteiger partial charge >= 0.3 is 0 Å². The summed E-state index contributed by atoms with van der Waals surface area (Å²) in [5.74, 6) is 2.48. The molecule has 0 unspecified atom stereocenters. The van der Waals surface area contributed by atoms with Crippen molar-refractivity contribution in [3.63, 3.8) is 0 Å². The minimum absolute atomic E-state index is 0.390. The summed E-state index contributed by atoms with van der Waals surface area (Å²) < 4.78 is 11.1. The summed E-state index contributed by atoms with van der Waals surface area (Å²) in [5, 5.41) is 3.61. The minimum Gasteiger partial charge on any atom is -0.311 e. The van der Waals surface area contributed by atoms with Crippen molar-refractivity contribution in [3.8, 4) is 0 Å². The van der Waals surface area contributed by atoms with Crippen LogP contribution in [0.4, 0.5) is 0 Å². The Balaban J connectivity index is 2.30. The summed E-state index contributed by atoms with van der Waals surface area (Å²) in [4.78, 5) is 0. The quantitative estimate of drug-likeness (QED) is 0.803. The molecule has 1 aliphatic rings. The number of nitrogens with one attached hydrogen (secondary N) is 1. The van der Waals surface area contributed by atoms with Crippen LogP contribution in [0.2, 0.25) is 0 Å². The molecular formula is C12H25NOS. The SMILES string of the molecule is C[C@H](C[S@@](C)=O)N[C@@H]1CC[C@@H](C)[C@@H](C)C1. The molecule has 0 radical (unpaired) electrons. The molecule has 1 fully saturated rings. The zero-order chi connectivity index (χ0) is 11.4. The largest absolute Gasteiger partial charge is 0.311 e. The van der Waals surface area contributed by atoms with E-state index in [-0.39, 0.29) is 0 Å². The van der Waals surface area contributed by atoms with E-state index in [0.717, 1.165) is 17.6 Å². The zero-order valence-corrected chi connectivity index (χ0v) is 11.3. The molecule has 0 aliphatic heterocycles. The number of hydrogen-bond acceptors (Lipinski definition) is 2. The lowest BCUT2D eigenvalue weighted by atomic mass is 9.79. The molecule has 0 amide bonds. The van der Waals surface area contributed by atoms with Crippen LogP contribution in [-0.2, 0) is 10.8 Å². The number of hydrogen-bond donors (Lipinski definition) is 1. The molecule has 1 N–H and O–H groups in total. The Hall–Kier alpha value is 0.110. The molecule has 1 aliphatic carbocycles. The molecule has 2 nitrogen and oxygen atoms in total. The first kappa shape index (κ1) is 13.2. The van der Waals surface area contributed by atoms with Crippen molar-refractivity contribution in [1.29, 1.82) is 0 Å². The van der Waals surface area contributed by atoms with Crippen molar-refractivity contribution in [2.75, 3.05) is 12.0 Å². The lowest BCUT2D eigenvalue weighted by molar-refractivity contribution is 0.220. The van der Waals surface area contributed by atoms with Gasteiger partial charge in [0.2, 0.25) is 0 Å². The number of rotatable bonds is 4. The highest BCUT2D eigenvalue weighted by Gasteiger charge is 2.25. The Morgan fingerprint density at radius 1 is 1.33 bits per heavy atom. The van der Waals surface area contributed by atoms with Crippen molar-refractivity contribution in [2.24, 2.45) is 11.8 Å². The highest BCUT2D eigenvalue weighted by atomic mass is 32.2. The first-order chi connectivity index (χ1) is 6.99. The maximum Gasteiger partial charge on any atom is 0.0383 e. The molecule has 0 heterocycles. The predicted molar refractivity (Wildman–Crippen MR) is 67.5 cm³/mol. The van der Waals surface area contributed by atoms with E-state index >= 15 is 0 Å². The molecule has 0 saturated heterocycles. The highest BCUT2D eigenvalue weighted by Crippen LogP contribution is 2.29. The standard InChI is InChI=1S/C12H25NOS/c1-9-5-6-12(7-10(9)2)13-11(3)8-15(4)14/h9-13H,5-8H2,1-4H3/t9-,10+,11-,12-,15-/m1/s1. The van der Waals surface area contributed by atoms with Crippen molar-refractivity contribution < 1.29 is 4.21 Å². The topological polar surface area (TPSA) is 29.1 Å². The minimum atomic E-state index is -0.678. The Labute approximate surface area is 96.7 Å². The van der Waals surface area contributed by atoms with E-state index in [0.29, 0.717) is 12.1 Å². The highest BCUT2D eigenvalue weighted by molar-refractivity contribution is 7.84. The van der Waals surface area contributed by atoms with Crippen LogP contribution in [0.15, 0.2) is 0 Å². The molecule has 5 atom stereocenters. The summed E-state index contributed by atoms with van der Waals surface area (Å²) in [6.07, 6.45) is 5.68. The van der Waals surface area contributed by atoms with Crippen molar-refractivity contribution in [2.45, 2.75) is 52.1 Å². The van der Waals surface area contributed by atoms with Crippen LogP contribution in [0.1, 0.15) is 40.0 Å². The second kappa shape index (κ2) is 6.00. The Morgan fingerprint density at radius 3 is 2.53 bits per heavy atom. The van der Waals surface area contributed by atoms with Gasteiger partial charge in [0, 0.05) is 34.9 Å². The maximum absolute atomic E-state index is 11.1. The second-order valence-electron chi connectivity index (χ2n) is 5.27. The first-order valence-electron chi connectivity index (χ1n) is 6.05. The summed E-state index contributed by atoms with van der Waals surface area (Å²) in [6.45, 7) is 6.84. The van der Waals surface area contributed by atoms with Gasteiger partial charge in [0.05, 0.1) is 0 Å². The summed E-state index contributed by atoms with van der Waals surface area (Å²) in [5.41, 5.74) is 0. The van der Waals surface area contributed by atoms with Crippen LogP contribution < -0.4 is 5.32 Å². The van der Waals surface area contributed by atoms with Gasteiger partial charge in [0.15, 0.2) is 0 Å². The monoisotopic (exact) mass is 231 g/mol. The summed E-state index contributed by atoms with van der Waals surface area (Å²) in [7, 11) is -0.678. The van der Waals surface area contributed by atoms with Crippen LogP contribution in [0.25, 0.3) is 0 Å². The van der Waals surface area contributed by atoms with E-state index in [1.807, 2.05) is 0 Å². The Morgan fingerprint density at radius 2 is 2.00 bits per heavy atom. The molecule has 0 aromatic carbocycles. The first-order valence-corrected chi connectivity index (χ1v) is 7.77. The van der Waals surface area contributed by atoms with E-state index in [1.54, 1.807) is 6.26 Å². The smallest absolute Gasteiger partial charge is 0.0383 e. The molecule has 0 aromatic rings. The average molecular weight is 231 g/mol. The van der Waals surface area contributed by atoms with Gasteiger partial charge in [-0.25, -0.2) is 0 Å². The summed E-state index contributed by atoms with van der Waals surface area (Å²) in [6, 6.07) is 1.04. The fourth-order valence-electron chi connectivity index (χ4n) is 2.50. The van der Waals surface area contributed by atoms with Gasteiger partial charge in [0.25, 0.3) is 0 Å². The van der Waals surface area contributed by atoms with Crippen LogP contribution in [0.5, 0.6) is 0 Å². The molecule has 90 valence electrons. The van der Waals surface area contributed by atoms with E-state index in [2.05, 4.69) is 26.1 Å². The van der Waals surface area contributed by atoms with Gasteiger partial charge in [-0.05, 0) is 38.0 Å². The molecule has 1 saturated carbocycles. The fourth-order valence-corrected chi connectivity index (χ4v) is 3.30. The molecule has 1 rings (SSSR count). The Bertz CT molecular complexity index is 220.